The monoisotopic (exact) mass is 166 g/mol. The zero-order chi connectivity index (χ0) is 8.65. The first kappa shape index (κ1) is 9.57. The fourth-order valence-corrected chi connectivity index (χ4v) is 1.53. The Kier molecular flexibility index (Phi) is 4.82. The van der Waals surface area contributed by atoms with E-state index in [1.807, 2.05) is 0 Å². The van der Waals surface area contributed by atoms with Crippen molar-refractivity contribution in [3.05, 3.63) is 0 Å². The van der Waals surface area contributed by atoms with Crippen molar-refractivity contribution in [3.8, 4) is 11.8 Å². The minimum atomic E-state index is 0.494. The highest BCUT2D eigenvalue weighted by molar-refractivity contribution is 5.02. The van der Waals surface area contributed by atoms with Gasteiger partial charge in [-0.25, -0.2) is 0 Å². The van der Waals surface area contributed by atoms with Gasteiger partial charge in [0, 0.05) is 0 Å². The number of rotatable bonds is 1. The standard InChI is InChI=1S/C10H18N2/c11-7-3-6-10-12-8-4-1-2-5-9-12/h1-2,4-5,7-11H2. The van der Waals surface area contributed by atoms with E-state index in [1.54, 1.807) is 0 Å². The van der Waals surface area contributed by atoms with E-state index in [0.717, 1.165) is 6.54 Å². The molecular formula is C10H18N2. The van der Waals surface area contributed by atoms with E-state index >= 15 is 0 Å². The quantitative estimate of drug-likeness (QED) is 0.584. The molecule has 0 aliphatic carbocycles. The fraction of sp³-hybridized carbons (Fsp3) is 0.800. The Labute approximate surface area is 75.1 Å². The summed E-state index contributed by atoms with van der Waals surface area (Å²) in [6.07, 6.45) is 5.45. The number of hydrogen-bond donors (Lipinski definition) is 1. The zero-order valence-electron chi connectivity index (χ0n) is 7.68. The molecule has 0 aromatic rings. The van der Waals surface area contributed by atoms with Crippen LogP contribution in [-0.4, -0.2) is 31.1 Å². The molecule has 1 heterocycles. The van der Waals surface area contributed by atoms with E-state index in [4.69, 9.17) is 5.73 Å². The van der Waals surface area contributed by atoms with Crippen molar-refractivity contribution < 1.29 is 0 Å². The molecule has 0 amide bonds. The molecule has 2 N–H and O–H groups in total. The fourth-order valence-electron chi connectivity index (χ4n) is 1.53. The highest BCUT2D eigenvalue weighted by Gasteiger charge is 2.06. The topological polar surface area (TPSA) is 29.3 Å². The summed E-state index contributed by atoms with van der Waals surface area (Å²) in [5.41, 5.74) is 5.28. The average Bonchev–Trinajstić information content (AvgIpc) is 2.33. The maximum Gasteiger partial charge on any atom is 0.0602 e. The van der Waals surface area contributed by atoms with Crippen LogP contribution < -0.4 is 5.73 Å². The maximum atomic E-state index is 5.28. The molecule has 0 bridgehead atoms. The van der Waals surface area contributed by atoms with Crippen molar-refractivity contribution in [1.82, 2.24) is 4.90 Å². The normalized spacial score (nSPS) is 19.4. The van der Waals surface area contributed by atoms with E-state index in [9.17, 15) is 0 Å². The molecule has 1 rings (SSSR count). The molecule has 0 aromatic carbocycles. The van der Waals surface area contributed by atoms with Gasteiger partial charge in [0.15, 0.2) is 0 Å². The van der Waals surface area contributed by atoms with Gasteiger partial charge < -0.3 is 5.73 Å². The van der Waals surface area contributed by atoms with Gasteiger partial charge in [-0.3, -0.25) is 4.90 Å². The molecule has 2 nitrogen and oxygen atoms in total. The SMILES string of the molecule is NCC#CCN1CCCCCC1. The van der Waals surface area contributed by atoms with Crippen LogP contribution in [0, 0.1) is 11.8 Å². The van der Waals surface area contributed by atoms with Gasteiger partial charge in [0.1, 0.15) is 0 Å². The van der Waals surface area contributed by atoms with Crippen LogP contribution in [0.4, 0.5) is 0 Å². The molecule has 1 aliphatic heterocycles. The molecule has 1 saturated heterocycles. The maximum absolute atomic E-state index is 5.28. The molecule has 0 aromatic heterocycles. The van der Waals surface area contributed by atoms with Crippen LogP contribution in [-0.2, 0) is 0 Å². The molecule has 1 fully saturated rings. The van der Waals surface area contributed by atoms with Gasteiger partial charge in [-0.05, 0) is 25.9 Å². The number of likely N-dealkylation sites (tertiary alicyclic amines) is 1. The van der Waals surface area contributed by atoms with Crippen molar-refractivity contribution in [2.75, 3.05) is 26.2 Å². The first-order chi connectivity index (χ1) is 5.93. The van der Waals surface area contributed by atoms with Crippen molar-refractivity contribution in [2.24, 2.45) is 5.73 Å². The molecule has 0 radical (unpaired) electrons. The number of hydrogen-bond acceptors (Lipinski definition) is 2. The summed E-state index contributed by atoms with van der Waals surface area (Å²) in [5.74, 6) is 5.99. The second-order valence-corrected chi connectivity index (χ2v) is 3.25. The predicted octanol–water partition coefficient (Wildman–Crippen LogP) is 0.824. The van der Waals surface area contributed by atoms with E-state index < -0.39 is 0 Å². The van der Waals surface area contributed by atoms with E-state index in [0.29, 0.717) is 6.54 Å². The third kappa shape index (κ3) is 3.75. The van der Waals surface area contributed by atoms with Gasteiger partial charge in [-0.15, -0.1) is 0 Å². The molecule has 1 aliphatic rings. The molecule has 12 heavy (non-hydrogen) atoms. The van der Waals surface area contributed by atoms with Crippen molar-refractivity contribution in [1.29, 1.82) is 0 Å². The van der Waals surface area contributed by atoms with Crippen LogP contribution in [0.25, 0.3) is 0 Å². The van der Waals surface area contributed by atoms with E-state index in [-0.39, 0.29) is 0 Å². The third-order valence-corrected chi connectivity index (χ3v) is 2.23. The minimum Gasteiger partial charge on any atom is -0.320 e. The second-order valence-electron chi connectivity index (χ2n) is 3.25. The highest BCUT2D eigenvalue weighted by Crippen LogP contribution is 2.08. The van der Waals surface area contributed by atoms with Crippen LogP contribution >= 0.6 is 0 Å². The summed E-state index contributed by atoms with van der Waals surface area (Å²) < 4.78 is 0. The first-order valence-corrected chi connectivity index (χ1v) is 4.81. The predicted molar refractivity (Wildman–Crippen MR) is 51.7 cm³/mol. The lowest BCUT2D eigenvalue weighted by atomic mass is 10.2. The summed E-state index contributed by atoms with van der Waals surface area (Å²) in [6.45, 7) is 3.85. The summed E-state index contributed by atoms with van der Waals surface area (Å²) in [6, 6.07) is 0. The Morgan fingerprint density at radius 2 is 1.67 bits per heavy atom. The van der Waals surface area contributed by atoms with Gasteiger partial charge in [0.25, 0.3) is 0 Å². The largest absolute Gasteiger partial charge is 0.320 e. The van der Waals surface area contributed by atoms with Crippen LogP contribution in [0.1, 0.15) is 25.7 Å². The Bertz CT molecular complexity index is 158. The van der Waals surface area contributed by atoms with Gasteiger partial charge in [0.05, 0.1) is 13.1 Å². The molecule has 0 spiro atoms. The summed E-state index contributed by atoms with van der Waals surface area (Å²) in [5, 5.41) is 0. The summed E-state index contributed by atoms with van der Waals surface area (Å²) in [7, 11) is 0. The smallest absolute Gasteiger partial charge is 0.0602 e. The minimum absolute atomic E-state index is 0.494. The lowest BCUT2D eigenvalue weighted by molar-refractivity contribution is 0.320. The molecule has 0 saturated carbocycles. The van der Waals surface area contributed by atoms with Gasteiger partial charge >= 0.3 is 0 Å². The van der Waals surface area contributed by atoms with Gasteiger partial charge in [-0.1, -0.05) is 24.7 Å². The Morgan fingerprint density at radius 1 is 1.00 bits per heavy atom. The molecular weight excluding hydrogens is 148 g/mol. The van der Waals surface area contributed by atoms with Crippen LogP contribution in [0.3, 0.4) is 0 Å². The Hall–Kier alpha value is -0.520. The molecule has 68 valence electrons. The number of nitrogens with zero attached hydrogens (tertiary/aromatic N) is 1. The zero-order valence-corrected chi connectivity index (χ0v) is 7.68. The van der Waals surface area contributed by atoms with E-state index in [1.165, 1.54) is 38.8 Å². The third-order valence-electron chi connectivity index (χ3n) is 2.23. The van der Waals surface area contributed by atoms with Crippen LogP contribution in [0.5, 0.6) is 0 Å². The van der Waals surface area contributed by atoms with Gasteiger partial charge in [-0.2, -0.15) is 0 Å². The molecule has 0 atom stereocenters. The van der Waals surface area contributed by atoms with Crippen LogP contribution in [0.15, 0.2) is 0 Å². The first-order valence-electron chi connectivity index (χ1n) is 4.81. The second kappa shape index (κ2) is 6.05. The highest BCUT2D eigenvalue weighted by atomic mass is 15.1. The summed E-state index contributed by atoms with van der Waals surface area (Å²) >= 11 is 0. The van der Waals surface area contributed by atoms with Crippen LogP contribution in [0.2, 0.25) is 0 Å². The lowest BCUT2D eigenvalue weighted by Gasteiger charge is -2.15. The van der Waals surface area contributed by atoms with Crippen molar-refractivity contribution in [3.63, 3.8) is 0 Å². The lowest BCUT2D eigenvalue weighted by Crippen LogP contribution is -2.24. The summed E-state index contributed by atoms with van der Waals surface area (Å²) in [4.78, 5) is 2.43. The van der Waals surface area contributed by atoms with E-state index in [2.05, 4.69) is 16.7 Å². The molecule has 0 unspecified atom stereocenters. The Balaban J connectivity index is 2.20. The average molecular weight is 166 g/mol. The van der Waals surface area contributed by atoms with Crippen molar-refractivity contribution in [2.45, 2.75) is 25.7 Å². The number of nitrogens with two attached hydrogens (primary N) is 1. The molecule has 2 heteroatoms. The van der Waals surface area contributed by atoms with Crippen molar-refractivity contribution >= 4 is 0 Å². The van der Waals surface area contributed by atoms with Gasteiger partial charge in [0.2, 0.25) is 0 Å². The Morgan fingerprint density at radius 3 is 2.25 bits per heavy atom.